The molecule has 4 nitrogen and oxygen atoms in total. The highest BCUT2D eigenvalue weighted by molar-refractivity contribution is 5.86. The molecule has 2 heterocycles. The Balaban J connectivity index is 1.48. The van der Waals surface area contributed by atoms with E-state index < -0.39 is 0 Å². The molecular weight excluding hydrogens is 334 g/mol. The molecular formula is C23H27N3O. The number of likely N-dealkylation sites (N-methyl/N-ethyl adjacent to an activating group) is 1. The van der Waals surface area contributed by atoms with E-state index in [1.54, 1.807) is 0 Å². The standard InChI is InChI=1S/C23H27N3O/c1-24-23(17-5-3-2-4-6-17)16-27-22-12-21(14-26-15-22)18-7-8-20-13-25-10-9-19(20)11-18/h7-15,17,23-24H,2-6,16H2,1H3/t23-/m1/s1. The molecule has 2 aromatic heterocycles. The molecule has 4 rings (SSSR count). The van der Waals surface area contributed by atoms with E-state index in [4.69, 9.17) is 4.74 Å². The van der Waals surface area contributed by atoms with Crippen LogP contribution in [0.1, 0.15) is 32.1 Å². The van der Waals surface area contributed by atoms with Gasteiger partial charge in [-0.05, 0) is 55.0 Å². The monoisotopic (exact) mass is 361 g/mol. The molecule has 1 aliphatic carbocycles. The van der Waals surface area contributed by atoms with E-state index in [0.29, 0.717) is 18.6 Å². The van der Waals surface area contributed by atoms with Gasteiger partial charge in [-0.1, -0.05) is 31.4 Å². The molecule has 1 aromatic carbocycles. The fourth-order valence-corrected chi connectivity index (χ4v) is 4.10. The van der Waals surface area contributed by atoms with Crippen molar-refractivity contribution in [3.05, 3.63) is 55.1 Å². The second-order valence-electron chi connectivity index (χ2n) is 7.45. The molecule has 0 saturated heterocycles. The molecule has 1 fully saturated rings. The minimum absolute atomic E-state index is 0.405. The van der Waals surface area contributed by atoms with Gasteiger partial charge in [-0.25, -0.2) is 0 Å². The highest BCUT2D eigenvalue weighted by Gasteiger charge is 2.22. The molecule has 27 heavy (non-hydrogen) atoms. The molecule has 1 atom stereocenters. The van der Waals surface area contributed by atoms with Crippen LogP contribution < -0.4 is 10.1 Å². The number of rotatable bonds is 6. The number of fused-ring (bicyclic) bond motifs is 1. The maximum Gasteiger partial charge on any atom is 0.138 e. The lowest BCUT2D eigenvalue weighted by Gasteiger charge is -2.29. The summed E-state index contributed by atoms with van der Waals surface area (Å²) in [6.45, 7) is 0.690. The number of benzene rings is 1. The lowest BCUT2D eigenvalue weighted by molar-refractivity contribution is 0.192. The summed E-state index contributed by atoms with van der Waals surface area (Å²) in [4.78, 5) is 8.58. The third-order valence-electron chi connectivity index (χ3n) is 5.71. The van der Waals surface area contributed by atoms with Crippen LogP contribution in [-0.2, 0) is 0 Å². The van der Waals surface area contributed by atoms with Crippen LogP contribution in [0.3, 0.4) is 0 Å². The average molecular weight is 361 g/mol. The number of hydrogen-bond donors (Lipinski definition) is 1. The first-order valence-corrected chi connectivity index (χ1v) is 9.93. The third kappa shape index (κ3) is 4.28. The molecule has 1 N–H and O–H groups in total. The summed E-state index contributed by atoms with van der Waals surface area (Å²) in [5.74, 6) is 1.55. The van der Waals surface area contributed by atoms with Gasteiger partial charge >= 0.3 is 0 Å². The molecule has 0 unspecified atom stereocenters. The van der Waals surface area contributed by atoms with Crippen LogP contribution in [0.2, 0.25) is 0 Å². The summed E-state index contributed by atoms with van der Waals surface area (Å²) >= 11 is 0. The maximum absolute atomic E-state index is 6.13. The Morgan fingerprint density at radius 1 is 0.963 bits per heavy atom. The van der Waals surface area contributed by atoms with Crippen molar-refractivity contribution in [2.45, 2.75) is 38.1 Å². The lowest BCUT2D eigenvalue weighted by atomic mass is 9.84. The van der Waals surface area contributed by atoms with Crippen LogP contribution in [0.15, 0.2) is 55.1 Å². The smallest absolute Gasteiger partial charge is 0.138 e. The Morgan fingerprint density at radius 2 is 1.85 bits per heavy atom. The molecule has 4 heteroatoms. The first kappa shape index (κ1) is 17.9. The third-order valence-corrected chi connectivity index (χ3v) is 5.71. The zero-order valence-corrected chi connectivity index (χ0v) is 15.9. The second kappa shape index (κ2) is 8.49. The molecule has 140 valence electrons. The summed E-state index contributed by atoms with van der Waals surface area (Å²) < 4.78 is 6.13. The minimum atomic E-state index is 0.405. The lowest BCUT2D eigenvalue weighted by Crippen LogP contribution is -2.39. The van der Waals surface area contributed by atoms with E-state index >= 15 is 0 Å². The van der Waals surface area contributed by atoms with E-state index in [1.807, 2.05) is 37.9 Å². The van der Waals surface area contributed by atoms with Crippen molar-refractivity contribution in [3.8, 4) is 16.9 Å². The van der Waals surface area contributed by atoms with Crippen LogP contribution in [0.4, 0.5) is 0 Å². The van der Waals surface area contributed by atoms with Gasteiger partial charge < -0.3 is 10.1 Å². The average Bonchev–Trinajstić information content (AvgIpc) is 2.75. The summed E-state index contributed by atoms with van der Waals surface area (Å²) in [6, 6.07) is 10.9. The van der Waals surface area contributed by atoms with E-state index in [0.717, 1.165) is 22.3 Å². The zero-order valence-electron chi connectivity index (χ0n) is 15.9. The summed E-state index contributed by atoms with van der Waals surface area (Å²) in [5, 5.41) is 5.78. The summed E-state index contributed by atoms with van der Waals surface area (Å²) in [5.41, 5.74) is 2.22. The van der Waals surface area contributed by atoms with Crippen LogP contribution in [0.5, 0.6) is 5.75 Å². The van der Waals surface area contributed by atoms with Crippen molar-refractivity contribution in [1.29, 1.82) is 0 Å². The maximum atomic E-state index is 6.13. The van der Waals surface area contributed by atoms with Gasteiger partial charge in [-0.3, -0.25) is 9.97 Å². The van der Waals surface area contributed by atoms with Gasteiger partial charge in [0.15, 0.2) is 0 Å². The highest BCUT2D eigenvalue weighted by Crippen LogP contribution is 2.28. The fraction of sp³-hybridized carbons (Fsp3) is 0.391. The molecule has 0 spiro atoms. The van der Waals surface area contributed by atoms with Crippen molar-refractivity contribution < 1.29 is 4.74 Å². The van der Waals surface area contributed by atoms with Gasteiger partial charge in [0.2, 0.25) is 0 Å². The van der Waals surface area contributed by atoms with Crippen LogP contribution in [-0.4, -0.2) is 29.7 Å². The van der Waals surface area contributed by atoms with Crippen LogP contribution in [0.25, 0.3) is 21.9 Å². The number of nitrogens with zero attached hydrogens (tertiary/aromatic N) is 2. The Bertz CT molecular complexity index is 889. The van der Waals surface area contributed by atoms with Gasteiger partial charge in [0.05, 0.1) is 6.20 Å². The van der Waals surface area contributed by atoms with Crippen molar-refractivity contribution in [2.24, 2.45) is 5.92 Å². The van der Waals surface area contributed by atoms with Gasteiger partial charge in [0, 0.05) is 35.6 Å². The zero-order chi connectivity index (χ0) is 18.5. The van der Waals surface area contributed by atoms with E-state index in [1.165, 1.54) is 37.5 Å². The summed E-state index contributed by atoms with van der Waals surface area (Å²) in [6.07, 6.45) is 14.1. The second-order valence-corrected chi connectivity index (χ2v) is 7.45. The van der Waals surface area contributed by atoms with Crippen molar-refractivity contribution in [3.63, 3.8) is 0 Å². The summed E-state index contributed by atoms with van der Waals surface area (Å²) in [7, 11) is 2.04. The quantitative estimate of drug-likeness (QED) is 0.682. The molecule has 1 aliphatic rings. The predicted octanol–water partition coefficient (Wildman–Crippen LogP) is 4.84. The minimum Gasteiger partial charge on any atom is -0.490 e. The first-order valence-electron chi connectivity index (χ1n) is 9.93. The number of hydrogen-bond acceptors (Lipinski definition) is 4. The van der Waals surface area contributed by atoms with Gasteiger partial charge in [-0.15, -0.1) is 0 Å². The molecule has 1 saturated carbocycles. The Hall–Kier alpha value is -2.46. The van der Waals surface area contributed by atoms with E-state index in [2.05, 4.69) is 39.6 Å². The normalized spacial score (nSPS) is 16.3. The van der Waals surface area contributed by atoms with E-state index in [9.17, 15) is 0 Å². The predicted molar refractivity (Wildman–Crippen MR) is 110 cm³/mol. The number of pyridine rings is 2. The number of aromatic nitrogens is 2. The molecule has 0 amide bonds. The van der Waals surface area contributed by atoms with Gasteiger partial charge in [0.25, 0.3) is 0 Å². The Kier molecular flexibility index (Phi) is 5.64. The van der Waals surface area contributed by atoms with E-state index in [-0.39, 0.29) is 0 Å². The molecule has 3 aromatic rings. The molecule has 0 radical (unpaired) electrons. The van der Waals surface area contributed by atoms with Crippen molar-refractivity contribution in [2.75, 3.05) is 13.7 Å². The number of nitrogens with one attached hydrogen (secondary N) is 1. The van der Waals surface area contributed by atoms with Crippen LogP contribution in [0, 0.1) is 5.92 Å². The molecule has 0 bridgehead atoms. The Labute approximate surface area is 161 Å². The van der Waals surface area contributed by atoms with Crippen LogP contribution >= 0.6 is 0 Å². The highest BCUT2D eigenvalue weighted by atomic mass is 16.5. The SMILES string of the molecule is CN[C@H](COc1cncc(-c2ccc3cnccc3c2)c1)C1CCCCC1. The fourth-order valence-electron chi connectivity index (χ4n) is 4.10. The van der Waals surface area contributed by atoms with Gasteiger partial charge in [0.1, 0.15) is 12.4 Å². The van der Waals surface area contributed by atoms with Gasteiger partial charge in [-0.2, -0.15) is 0 Å². The largest absolute Gasteiger partial charge is 0.490 e. The topological polar surface area (TPSA) is 47.0 Å². The number of ether oxygens (including phenoxy) is 1. The van der Waals surface area contributed by atoms with Crippen molar-refractivity contribution in [1.82, 2.24) is 15.3 Å². The molecule has 0 aliphatic heterocycles. The van der Waals surface area contributed by atoms with Crippen molar-refractivity contribution >= 4 is 10.8 Å². The first-order chi connectivity index (χ1) is 13.3. The Morgan fingerprint density at radius 3 is 2.70 bits per heavy atom.